The van der Waals surface area contributed by atoms with E-state index in [1.165, 1.54) is 0 Å². The molecule has 1 fully saturated rings. The Morgan fingerprint density at radius 2 is 1.87 bits per heavy atom. The summed E-state index contributed by atoms with van der Waals surface area (Å²) < 4.78 is 11.1. The summed E-state index contributed by atoms with van der Waals surface area (Å²) in [7, 11) is 3.16. The van der Waals surface area contributed by atoms with Crippen molar-refractivity contribution in [1.29, 1.82) is 0 Å². The first kappa shape index (κ1) is 22.9. The van der Waals surface area contributed by atoms with E-state index in [4.69, 9.17) is 21.1 Å². The monoisotopic (exact) mass is 444 g/mol. The van der Waals surface area contributed by atoms with E-state index < -0.39 is 5.92 Å². The number of hydrogen-bond donors (Lipinski definition) is 1. The lowest BCUT2D eigenvalue weighted by atomic mass is 9.87. The maximum atomic E-state index is 13.2. The Bertz CT molecular complexity index is 947. The summed E-state index contributed by atoms with van der Waals surface area (Å²) in [4.78, 5) is 28.0. The van der Waals surface area contributed by atoms with Gasteiger partial charge in [0, 0.05) is 41.7 Å². The second-order valence-electron chi connectivity index (χ2n) is 8.16. The maximum Gasteiger partial charge on any atom is 0.253 e. The number of halogens is 1. The van der Waals surface area contributed by atoms with Gasteiger partial charge in [-0.2, -0.15) is 0 Å². The van der Waals surface area contributed by atoms with Crippen molar-refractivity contribution < 1.29 is 19.1 Å². The molecule has 0 unspecified atom stereocenters. The Hall–Kier alpha value is -2.73. The van der Waals surface area contributed by atoms with Gasteiger partial charge in [-0.1, -0.05) is 43.6 Å². The molecule has 1 N–H and O–H groups in total. The number of ether oxygens (including phenoxy) is 2. The summed E-state index contributed by atoms with van der Waals surface area (Å²) in [5, 5.41) is 3.53. The first-order valence-electron chi connectivity index (χ1n) is 10.4. The quantitative estimate of drug-likeness (QED) is 0.701. The first-order chi connectivity index (χ1) is 14.8. The van der Waals surface area contributed by atoms with Gasteiger partial charge in [-0.15, -0.1) is 0 Å². The van der Waals surface area contributed by atoms with Crippen LogP contribution < -0.4 is 14.8 Å². The highest BCUT2D eigenvalue weighted by Gasteiger charge is 2.42. The van der Waals surface area contributed by atoms with Crippen LogP contribution in [0.25, 0.3) is 0 Å². The van der Waals surface area contributed by atoms with Crippen molar-refractivity contribution in [2.45, 2.75) is 19.8 Å². The number of carbonyl (C=O) groups excluding carboxylic acids is 2. The fourth-order valence-corrected chi connectivity index (χ4v) is 4.18. The fourth-order valence-electron chi connectivity index (χ4n) is 3.99. The van der Waals surface area contributed by atoms with Gasteiger partial charge in [0.05, 0.1) is 20.1 Å². The van der Waals surface area contributed by atoms with Crippen LogP contribution in [0.5, 0.6) is 11.5 Å². The third kappa shape index (κ3) is 5.13. The topological polar surface area (TPSA) is 67.9 Å². The van der Waals surface area contributed by atoms with E-state index in [-0.39, 0.29) is 17.7 Å². The first-order valence-corrected chi connectivity index (χ1v) is 10.8. The number of benzene rings is 2. The SMILES string of the molecule is COc1cccc([C@H]2CN(C(=O)c3cccc(Cl)c3)C[C@@H]2C(=O)NCC(C)C)c1OC. The van der Waals surface area contributed by atoms with Crippen LogP contribution in [0, 0.1) is 11.8 Å². The van der Waals surface area contributed by atoms with Crippen LogP contribution in [0.3, 0.4) is 0 Å². The second-order valence-corrected chi connectivity index (χ2v) is 8.59. The zero-order chi connectivity index (χ0) is 22.5. The van der Waals surface area contributed by atoms with Crippen LogP contribution in [0.2, 0.25) is 5.02 Å². The van der Waals surface area contributed by atoms with Crippen molar-refractivity contribution in [1.82, 2.24) is 10.2 Å². The average molecular weight is 445 g/mol. The number of carbonyl (C=O) groups is 2. The maximum absolute atomic E-state index is 13.2. The highest BCUT2D eigenvalue weighted by molar-refractivity contribution is 6.30. The van der Waals surface area contributed by atoms with Crippen molar-refractivity contribution >= 4 is 23.4 Å². The van der Waals surface area contributed by atoms with Crippen molar-refractivity contribution in [3.8, 4) is 11.5 Å². The van der Waals surface area contributed by atoms with Gasteiger partial charge in [-0.05, 0) is 30.2 Å². The number of nitrogens with one attached hydrogen (secondary N) is 1. The molecule has 2 aromatic rings. The van der Waals surface area contributed by atoms with Crippen molar-refractivity contribution in [2.75, 3.05) is 33.9 Å². The smallest absolute Gasteiger partial charge is 0.253 e. The van der Waals surface area contributed by atoms with E-state index >= 15 is 0 Å². The molecule has 0 bridgehead atoms. The van der Waals surface area contributed by atoms with Gasteiger partial charge >= 0.3 is 0 Å². The van der Waals surface area contributed by atoms with Crippen LogP contribution in [0.1, 0.15) is 35.7 Å². The Balaban J connectivity index is 1.95. The number of amides is 2. The van der Waals surface area contributed by atoms with Gasteiger partial charge in [0.15, 0.2) is 11.5 Å². The predicted octanol–water partition coefficient (Wildman–Crippen LogP) is 3.99. The number of para-hydroxylation sites is 1. The highest BCUT2D eigenvalue weighted by Crippen LogP contribution is 2.42. The molecular weight excluding hydrogens is 416 g/mol. The normalized spacial score (nSPS) is 18.2. The second kappa shape index (κ2) is 10.1. The Kier molecular flexibility index (Phi) is 7.44. The van der Waals surface area contributed by atoms with E-state index in [1.54, 1.807) is 43.4 Å². The summed E-state index contributed by atoms with van der Waals surface area (Å²) in [6, 6.07) is 12.5. The van der Waals surface area contributed by atoms with Gasteiger partial charge in [-0.25, -0.2) is 0 Å². The van der Waals surface area contributed by atoms with Crippen molar-refractivity contribution in [3.63, 3.8) is 0 Å². The molecule has 6 nitrogen and oxygen atoms in total. The molecule has 1 aliphatic heterocycles. The molecule has 0 spiro atoms. The van der Waals surface area contributed by atoms with Crippen LogP contribution in [-0.4, -0.2) is 50.6 Å². The molecule has 166 valence electrons. The molecule has 0 saturated carbocycles. The zero-order valence-electron chi connectivity index (χ0n) is 18.4. The number of nitrogens with zero attached hydrogens (tertiary/aromatic N) is 1. The van der Waals surface area contributed by atoms with Crippen molar-refractivity contribution in [2.24, 2.45) is 11.8 Å². The number of hydrogen-bond acceptors (Lipinski definition) is 4. The molecule has 7 heteroatoms. The van der Waals surface area contributed by atoms with E-state index in [0.717, 1.165) is 5.56 Å². The molecule has 3 rings (SSSR count). The molecule has 1 heterocycles. The van der Waals surface area contributed by atoms with E-state index in [2.05, 4.69) is 5.32 Å². The molecule has 2 amide bonds. The van der Waals surface area contributed by atoms with Crippen LogP contribution in [-0.2, 0) is 4.79 Å². The highest BCUT2D eigenvalue weighted by atomic mass is 35.5. The average Bonchev–Trinajstić information content (AvgIpc) is 3.21. The van der Waals surface area contributed by atoms with Gasteiger partial charge in [0.1, 0.15) is 0 Å². The molecular formula is C24H29ClN2O4. The largest absolute Gasteiger partial charge is 0.493 e. The van der Waals surface area contributed by atoms with Gasteiger partial charge in [0.2, 0.25) is 5.91 Å². The molecule has 2 aromatic carbocycles. The lowest BCUT2D eigenvalue weighted by Crippen LogP contribution is -2.37. The van der Waals surface area contributed by atoms with E-state index in [1.807, 2.05) is 32.0 Å². The molecule has 31 heavy (non-hydrogen) atoms. The number of methoxy groups -OCH3 is 2. The summed E-state index contributed by atoms with van der Waals surface area (Å²) in [6.07, 6.45) is 0. The standard InChI is InChI=1S/C24H29ClN2O4/c1-15(2)12-26-23(28)20-14-27(24(29)16-7-5-8-17(25)11-16)13-19(20)18-9-6-10-21(30-3)22(18)31-4/h5-11,15,19-20H,12-14H2,1-4H3,(H,26,28)/t19-,20+/m1/s1. The minimum Gasteiger partial charge on any atom is -0.493 e. The summed E-state index contributed by atoms with van der Waals surface area (Å²) in [5.41, 5.74) is 1.36. The summed E-state index contributed by atoms with van der Waals surface area (Å²) >= 11 is 6.08. The Labute approximate surface area is 188 Å². The molecule has 1 aliphatic rings. The lowest BCUT2D eigenvalue weighted by molar-refractivity contribution is -0.125. The molecule has 0 aromatic heterocycles. The molecule has 2 atom stereocenters. The zero-order valence-corrected chi connectivity index (χ0v) is 19.1. The Morgan fingerprint density at radius 1 is 1.13 bits per heavy atom. The van der Waals surface area contributed by atoms with Crippen LogP contribution in [0.15, 0.2) is 42.5 Å². The molecule has 0 aliphatic carbocycles. The van der Waals surface area contributed by atoms with Crippen molar-refractivity contribution in [3.05, 3.63) is 58.6 Å². The fraction of sp³-hybridized carbons (Fsp3) is 0.417. The minimum atomic E-state index is -0.400. The summed E-state index contributed by atoms with van der Waals surface area (Å²) in [6.45, 7) is 5.40. The van der Waals surface area contributed by atoms with E-state index in [0.29, 0.717) is 47.6 Å². The van der Waals surface area contributed by atoms with Gasteiger partial charge in [0.25, 0.3) is 5.91 Å². The summed E-state index contributed by atoms with van der Waals surface area (Å²) in [5.74, 6) is 0.691. The van der Waals surface area contributed by atoms with Crippen LogP contribution in [0.4, 0.5) is 0 Å². The Morgan fingerprint density at radius 3 is 2.52 bits per heavy atom. The molecule has 0 radical (unpaired) electrons. The third-order valence-corrected chi connectivity index (χ3v) is 5.77. The molecule has 1 saturated heterocycles. The van der Waals surface area contributed by atoms with Crippen LogP contribution >= 0.6 is 11.6 Å². The predicted molar refractivity (Wildman–Crippen MR) is 121 cm³/mol. The number of likely N-dealkylation sites (tertiary alicyclic amines) is 1. The lowest BCUT2D eigenvalue weighted by Gasteiger charge is -2.22. The van der Waals surface area contributed by atoms with Gasteiger partial charge < -0.3 is 19.7 Å². The third-order valence-electron chi connectivity index (χ3n) is 5.53. The number of rotatable bonds is 7. The van der Waals surface area contributed by atoms with E-state index in [9.17, 15) is 9.59 Å². The van der Waals surface area contributed by atoms with Gasteiger partial charge in [-0.3, -0.25) is 9.59 Å². The minimum absolute atomic E-state index is 0.0648.